The van der Waals surface area contributed by atoms with E-state index in [1.54, 1.807) is 0 Å². The van der Waals surface area contributed by atoms with Crippen LogP contribution in [0.1, 0.15) is 6.42 Å². The summed E-state index contributed by atoms with van der Waals surface area (Å²) in [6.45, 7) is 0.245. The molecule has 0 N–H and O–H groups in total. The van der Waals surface area contributed by atoms with Crippen molar-refractivity contribution in [2.45, 2.75) is 11.3 Å². The zero-order valence-corrected chi connectivity index (χ0v) is 6.27. The minimum Gasteiger partial charge on any atom is -0.363 e. The number of hydrogen-bond acceptors (Lipinski definition) is 1. The maximum atomic E-state index is 6.52. The first-order valence-electron chi connectivity index (χ1n) is 3.09. The van der Waals surface area contributed by atoms with E-state index in [1.165, 1.54) is 0 Å². The van der Waals surface area contributed by atoms with Gasteiger partial charge < -0.3 is 4.74 Å². The zero-order chi connectivity index (χ0) is 7.45. The summed E-state index contributed by atoms with van der Waals surface area (Å²) in [5.41, 5.74) is 0. The van der Waals surface area contributed by atoms with E-state index in [9.17, 15) is 0 Å². The van der Waals surface area contributed by atoms with E-state index in [2.05, 4.69) is 4.74 Å². The molecule has 0 aromatic rings. The Kier molecular flexibility index (Phi) is 2.52. The highest BCUT2D eigenvalue weighted by molar-refractivity contribution is 6.25. The molecule has 1 unspecified atom stereocenters. The lowest BCUT2D eigenvalue weighted by molar-refractivity contribution is 0.219. The number of hydrogen-bond donors (Lipinski definition) is 0. The largest absolute Gasteiger partial charge is 0.363 e. The first kappa shape index (κ1) is 7.83. The first-order valence-corrected chi connectivity index (χ1v) is 3.46. The Morgan fingerprint density at radius 2 is 2.40 bits per heavy atom. The van der Waals surface area contributed by atoms with Gasteiger partial charge in [-0.15, -0.1) is 11.6 Å². The lowest BCUT2D eigenvalue weighted by atomic mass is 10.0. The standard InChI is InChI=1S/C8H8ClO/c1-10-7-8(9)5-3-2-4-6-8/h2-5H,6-7H2. The Bertz CT molecular complexity index is 163. The van der Waals surface area contributed by atoms with Crippen LogP contribution in [0.25, 0.3) is 0 Å². The van der Waals surface area contributed by atoms with Crippen molar-refractivity contribution in [2.24, 2.45) is 0 Å². The van der Waals surface area contributed by atoms with Crippen LogP contribution in [0.4, 0.5) is 0 Å². The Morgan fingerprint density at radius 3 is 2.90 bits per heavy atom. The number of alkyl halides is 1. The van der Waals surface area contributed by atoms with Gasteiger partial charge in [0.05, 0.1) is 11.5 Å². The van der Waals surface area contributed by atoms with Crippen LogP contribution in [0.15, 0.2) is 24.3 Å². The third kappa shape index (κ3) is 1.86. The lowest BCUT2D eigenvalue weighted by Gasteiger charge is -2.21. The van der Waals surface area contributed by atoms with Crippen LogP contribution >= 0.6 is 11.6 Å². The van der Waals surface area contributed by atoms with Gasteiger partial charge in [0.15, 0.2) is 7.11 Å². The van der Waals surface area contributed by atoms with E-state index in [-0.39, 0.29) is 6.61 Å². The zero-order valence-electron chi connectivity index (χ0n) is 5.51. The molecule has 0 aromatic heterocycles. The van der Waals surface area contributed by atoms with Crippen molar-refractivity contribution in [3.63, 3.8) is 0 Å². The lowest BCUT2D eigenvalue weighted by Crippen LogP contribution is -2.24. The fourth-order valence-corrected chi connectivity index (χ4v) is 1.08. The molecule has 2 heteroatoms. The topological polar surface area (TPSA) is 9.23 Å². The smallest absolute Gasteiger partial charge is 0.173 e. The summed E-state index contributed by atoms with van der Waals surface area (Å²) in [5, 5.41) is 0. The second-order valence-corrected chi connectivity index (χ2v) is 3.07. The highest BCUT2D eigenvalue weighted by Gasteiger charge is 2.23. The van der Waals surface area contributed by atoms with E-state index in [0.29, 0.717) is 0 Å². The van der Waals surface area contributed by atoms with Crippen LogP contribution in [0.2, 0.25) is 0 Å². The van der Waals surface area contributed by atoms with Crippen molar-refractivity contribution in [1.82, 2.24) is 0 Å². The summed E-state index contributed by atoms with van der Waals surface area (Å²) in [6, 6.07) is 0. The average Bonchev–Trinajstić information content (AvgIpc) is 1.89. The van der Waals surface area contributed by atoms with Gasteiger partial charge in [-0.3, -0.25) is 0 Å². The first-order chi connectivity index (χ1) is 4.77. The molecule has 1 aliphatic rings. The van der Waals surface area contributed by atoms with Crippen molar-refractivity contribution < 1.29 is 4.74 Å². The summed E-state index contributed by atoms with van der Waals surface area (Å²) < 4.78 is 4.22. The maximum absolute atomic E-state index is 6.52. The average molecular weight is 156 g/mol. The maximum Gasteiger partial charge on any atom is 0.173 e. The fourth-order valence-electron chi connectivity index (χ4n) is 0.866. The third-order valence-corrected chi connectivity index (χ3v) is 1.80. The Labute approximate surface area is 66.3 Å². The molecule has 1 aliphatic carbocycles. The van der Waals surface area contributed by atoms with Crippen molar-refractivity contribution in [2.75, 3.05) is 6.61 Å². The SMILES string of the molecule is [C]OCC1(Cl)C=CC=CC1. The summed E-state index contributed by atoms with van der Waals surface area (Å²) in [6.07, 6.45) is 8.36. The van der Waals surface area contributed by atoms with Crippen LogP contribution in [0.5, 0.6) is 0 Å². The molecule has 0 saturated carbocycles. The summed E-state index contributed by atoms with van der Waals surface area (Å²) in [5.74, 6) is 0. The van der Waals surface area contributed by atoms with Crippen molar-refractivity contribution in [3.8, 4) is 0 Å². The monoisotopic (exact) mass is 155 g/mol. The number of allylic oxidation sites excluding steroid dienone is 3. The highest BCUT2D eigenvalue weighted by atomic mass is 35.5. The summed E-state index contributed by atoms with van der Waals surface area (Å²) in [7, 11) is 6.52. The van der Waals surface area contributed by atoms with Crippen LogP contribution in [-0.2, 0) is 4.74 Å². The Hall–Kier alpha value is -0.270. The van der Waals surface area contributed by atoms with Crippen molar-refractivity contribution in [1.29, 1.82) is 0 Å². The van der Waals surface area contributed by atoms with Gasteiger partial charge in [-0.2, -0.15) is 0 Å². The molecule has 0 spiro atoms. The van der Waals surface area contributed by atoms with E-state index in [0.717, 1.165) is 6.42 Å². The van der Waals surface area contributed by atoms with Gasteiger partial charge in [0.1, 0.15) is 0 Å². The van der Waals surface area contributed by atoms with Gasteiger partial charge in [0.25, 0.3) is 0 Å². The molecule has 0 saturated heterocycles. The van der Waals surface area contributed by atoms with Gasteiger partial charge in [-0.1, -0.05) is 24.3 Å². The van der Waals surface area contributed by atoms with Gasteiger partial charge in [0, 0.05) is 0 Å². The molecule has 0 heterocycles. The molecule has 0 aromatic carbocycles. The van der Waals surface area contributed by atoms with Gasteiger partial charge >= 0.3 is 0 Å². The predicted molar refractivity (Wildman–Crippen MR) is 40.7 cm³/mol. The predicted octanol–water partition coefficient (Wildman–Crippen LogP) is 2.04. The van der Waals surface area contributed by atoms with E-state index >= 15 is 0 Å². The normalized spacial score (nSPS) is 31.0. The van der Waals surface area contributed by atoms with Crippen LogP contribution in [-0.4, -0.2) is 11.5 Å². The number of halogens is 1. The van der Waals surface area contributed by atoms with E-state index in [4.69, 9.17) is 18.7 Å². The minimum absolute atomic E-state index is 0.245. The summed E-state index contributed by atoms with van der Waals surface area (Å²) in [4.78, 5) is -0.476. The molecular formula is C8H8ClO. The third-order valence-electron chi connectivity index (χ3n) is 1.41. The van der Waals surface area contributed by atoms with Crippen LogP contribution in [0, 0.1) is 7.11 Å². The molecule has 3 radical (unpaired) electrons. The quantitative estimate of drug-likeness (QED) is 0.555. The molecule has 10 heavy (non-hydrogen) atoms. The summed E-state index contributed by atoms with van der Waals surface area (Å²) >= 11 is 5.99. The van der Waals surface area contributed by atoms with Gasteiger partial charge in [-0.25, -0.2) is 0 Å². The molecule has 0 amide bonds. The second kappa shape index (κ2) is 3.22. The number of ether oxygens (including phenoxy) is 1. The van der Waals surface area contributed by atoms with Gasteiger partial charge in [0.2, 0.25) is 0 Å². The van der Waals surface area contributed by atoms with Crippen LogP contribution < -0.4 is 0 Å². The molecule has 53 valence electrons. The molecule has 0 fully saturated rings. The Balaban J connectivity index is 2.52. The van der Waals surface area contributed by atoms with Gasteiger partial charge in [-0.05, 0) is 6.42 Å². The van der Waals surface area contributed by atoms with Crippen molar-refractivity contribution in [3.05, 3.63) is 31.4 Å². The van der Waals surface area contributed by atoms with E-state index in [1.807, 2.05) is 24.3 Å². The molecule has 1 atom stereocenters. The fraction of sp³-hybridized carbons (Fsp3) is 0.375. The molecule has 0 aliphatic heterocycles. The van der Waals surface area contributed by atoms with Crippen LogP contribution in [0.3, 0.4) is 0 Å². The second-order valence-electron chi connectivity index (χ2n) is 2.31. The number of rotatable bonds is 2. The van der Waals surface area contributed by atoms with E-state index < -0.39 is 4.87 Å². The minimum atomic E-state index is -0.476. The molecule has 1 rings (SSSR count). The van der Waals surface area contributed by atoms with Crippen molar-refractivity contribution >= 4 is 11.6 Å². The Morgan fingerprint density at radius 1 is 1.60 bits per heavy atom. The molecule has 1 nitrogen and oxygen atoms in total. The highest BCUT2D eigenvalue weighted by Crippen LogP contribution is 2.25. The molecule has 0 bridgehead atoms. The molecular weight excluding hydrogens is 148 g/mol.